The first-order valence-electron chi connectivity index (χ1n) is 9.19. The summed E-state index contributed by atoms with van der Waals surface area (Å²) in [6.07, 6.45) is 4.92. The van der Waals surface area contributed by atoms with Gasteiger partial charge in [-0.2, -0.15) is 5.10 Å². The van der Waals surface area contributed by atoms with Crippen LogP contribution in [0.2, 0.25) is 5.02 Å². The number of amides is 1. The molecule has 9 nitrogen and oxygen atoms in total. The van der Waals surface area contributed by atoms with Crippen LogP contribution in [0.15, 0.2) is 59.6 Å². The van der Waals surface area contributed by atoms with Crippen LogP contribution in [0.25, 0.3) is 17.1 Å². The van der Waals surface area contributed by atoms with Crippen molar-refractivity contribution in [1.82, 2.24) is 30.2 Å². The Morgan fingerprint density at radius 2 is 2.07 bits per heavy atom. The van der Waals surface area contributed by atoms with Gasteiger partial charge < -0.3 is 15.2 Å². The van der Waals surface area contributed by atoms with E-state index in [2.05, 4.69) is 30.9 Å². The highest BCUT2D eigenvalue weighted by atomic mass is 35.5. The number of nitrogens with one attached hydrogen (secondary N) is 2. The molecular weight excluding hydrogens is 406 g/mol. The fraction of sp³-hybridized carbons (Fsp3) is 0.150. The summed E-state index contributed by atoms with van der Waals surface area (Å²) in [5.41, 5.74) is 1.43. The fourth-order valence-corrected chi connectivity index (χ4v) is 3.13. The summed E-state index contributed by atoms with van der Waals surface area (Å²) in [6, 6.07) is 10.8. The molecule has 1 aromatic carbocycles. The van der Waals surface area contributed by atoms with Crippen LogP contribution in [0, 0.1) is 6.92 Å². The topological polar surface area (TPSA) is 111 Å². The zero-order valence-corrected chi connectivity index (χ0v) is 16.8. The number of hydrogen-bond donors (Lipinski definition) is 2. The first-order chi connectivity index (χ1) is 14.6. The molecule has 0 radical (unpaired) electrons. The molecule has 0 saturated heterocycles. The van der Waals surface area contributed by atoms with Crippen molar-refractivity contribution in [1.29, 1.82) is 0 Å². The molecule has 4 rings (SSSR count). The zero-order chi connectivity index (χ0) is 20.9. The van der Waals surface area contributed by atoms with Gasteiger partial charge in [0.05, 0.1) is 5.02 Å². The number of nitrogens with zero attached hydrogens (tertiary/aromatic N) is 5. The molecule has 2 N–H and O–H groups in total. The normalized spacial score (nSPS) is 10.7. The van der Waals surface area contributed by atoms with Crippen molar-refractivity contribution >= 4 is 23.3 Å². The smallest absolute Gasteiger partial charge is 0.257 e. The van der Waals surface area contributed by atoms with Crippen molar-refractivity contribution in [2.24, 2.45) is 0 Å². The number of rotatable bonds is 7. The van der Waals surface area contributed by atoms with Gasteiger partial charge in [-0.25, -0.2) is 14.6 Å². The van der Waals surface area contributed by atoms with Crippen molar-refractivity contribution in [3.63, 3.8) is 0 Å². The molecule has 0 aliphatic carbocycles. The summed E-state index contributed by atoms with van der Waals surface area (Å²) in [4.78, 5) is 21.1. The lowest BCUT2D eigenvalue weighted by Gasteiger charge is -2.09. The molecule has 0 atom stereocenters. The number of halogens is 1. The number of carbonyl (C=O) groups excluding carboxylic acids is 1. The number of aryl methyl sites for hydroxylation is 1. The van der Waals surface area contributed by atoms with Crippen LogP contribution in [-0.4, -0.2) is 43.9 Å². The van der Waals surface area contributed by atoms with Gasteiger partial charge in [-0.15, -0.1) is 0 Å². The molecule has 0 spiro atoms. The first kappa shape index (κ1) is 19.6. The molecule has 0 aliphatic heterocycles. The molecular formula is C20H18ClN7O2. The first-order valence-corrected chi connectivity index (χ1v) is 9.56. The summed E-state index contributed by atoms with van der Waals surface area (Å²) >= 11 is 6.25. The molecule has 3 aromatic heterocycles. The highest BCUT2D eigenvalue weighted by Gasteiger charge is 2.22. The van der Waals surface area contributed by atoms with Gasteiger partial charge in [-0.05, 0) is 19.1 Å². The highest BCUT2D eigenvalue weighted by molar-refractivity contribution is 6.33. The zero-order valence-electron chi connectivity index (χ0n) is 16.0. The van der Waals surface area contributed by atoms with E-state index >= 15 is 0 Å². The Balaban J connectivity index is 1.38. The van der Waals surface area contributed by atoms with Gasteiger partial charge in [0.2, 0.25) is 0 Å². The lowest BCUT2D eigenvalue weighted by molar-refractivity contribution is 0.0954. The summed E-state index contributed by atoms with van der Waals surface area (Å²) in [5.74, 6) is 1.41. The molecule has 1 amide bonds. The number of aromatic nitrogens is 5. The SMILES string of the molecule is Cc1onc(-c2ccccc2Cl)c1C(=O)NCCNc1cc(-n2cccn2)ncn1. The molecule has 0 saturated carbocycles. The molecule has 0 unspecified atom stereocenters. The Bertz CT molecular complexity index is 1160. The summed E-state index contributed by atoms with van der Waals surface area (Å²) in [7, 11) is 0. The van der Waals surface area contributed by atoms with Gasteiger partial charge >= 0.3 is 0 Å². The maximum Gasteiger partial charge on any atom is 0.257 e. The molecule has 152 valence electrons. The maximum absolute atomic E-state index is 12.7. The maximum atomic E-state index is 12.7. The van der Waals surface area contributed by atoms with E-state index in [-0.39, 0.29) is 5.91 Å². The largest absolute Gasteiger partial charge is 0.368 e. The van der Waals surface area contributed by atoms with Crippen molar-refractivity contribution in [3.05, 3.63) is 71.5 Å². The van der Waals surface area contributed by atoms with Gasteiger partial charge in [0, 0.05) is 37.1 Å². The van der Waals surface area contributed by atoms with Crippen LogP contribution in [0.4, 0.5) is 5.82 Å². The lowest BCUT2D eigenvalue weighted by atomic mass is 10.1. The Kier molecular flexibility index (Phi) is 5.71. The van der Waals surface area contributed by atoms with E-state index in [1.807, 2.05) is 18.2 Å². The minimum absolute atomic E-state index is 0.287. The third-order valence-electron chi connectivity index (χ3n) is 4.33. The predicted molar refractivity (Wildman–Crippen MR) is 112 cm³/mol. The van der Waals surface area contributed by atoms with E-state index in [0.29, 0.717) is 52.3 Å². The van der Waals surface area contributed by atoms with Crippen molar-refractivity contribution < 1.29 is 9.32 Å². The molecule has 4 aromatic rings. The van der Waals surface area contributed by atoms with Crippen LogP contribution < -0.4 is 10.6 Å². The van der Waals surface area contributed by atoms with Crippen LogP contribution >= 0.6 is 11.6 Å². The molecule has 0 fully saturated rings. The van der Waals surface area contributed by atoms with Crippen molar-refractivity contribution in [3.8, 4) is 17.1 Å². The fourth-order valence-electron chi connectivity index (χ4n) is 2.90. The average Bonchev–Trinajstić information content (AvgIpc) is 3.42. The standard InChI is InChI=1S/C20H18ClN7O2/c1-13-18(19(27-30-13)14-5-2-3-6-15(14)21)20(29)23-9-8-22-16-11-17(25-12-24-16)28-10-4-7-26-28/h2-7,10-12H,8-9H2,1H3,(H,23,29)(H,22,24,25). The lowest BCUT2D eigenvalue weighted by Crippen LogP contribution is -2.29. The molecule has 0 aliphatic rings. The summed E-state index contributed by atoms with van der Waals surface area (Å²) in [5, 5.41) is 14.7. The van der Waals surface area contributed by atoms with E-state index in [4.69, 9.17) is 16.1 Å². The Labute approximate surface area is 177 Å². The van der Waals surface area contributed by atoms with Crippen LogP contribution in [0.3, 0.4) is 0 Å². The third kappa shape index (κ3) is 4.15. The molecule has 3 heterocycles. The second-order valence-corrected chi connectivity index (χ2v) is 6.74. The molecule has 30 heavy (non-hydrogen) atoms. The molecule has 0 bridgehead atoms. The number of carbonyl (C=O) groups is 1. The second kappa shape index (κ2) is 8.75. The van der Waals surface area contributed by atoms with Crippen molar-refractivity contribution in [2.45, 2.75) is 6.92 Å². The predicted octanol–water partition coefficient (Wildman–Crippen LogP) is 3.12. The summed E-state index contributed by atoms with van der Waals surface area (Å²) < 4.78 is 6.88. The van der Waals surface area contributed by atoms with E-state index in [0.717, 1.165) is 0 Å². The monoisotopic (exact) mass is 423 g/mol. The van der Waals surface area contributed by atoms with Crippen molar-refractivity contribution in [2.75, 3.05) is 18.4 Å². The Hall–Kier alpha value is -3.72. The highest BCUT2D eigenvalue weighted by Crippen LogP contribution is 2.30. The third-order valence-corrected chi connectivity index (χ3v) is 4.66. The minimum Gasteiger partial charge on any atom is -0.368 e. The number of anilines is 1. The number of hydrogen-bond acceptors (Lipinski definition) is 7. The minimum atomic E-state index is -0.287. The quantitative estimate of drug-likeness (QED) is 0.439. The van der Waals surface area contributed by atoms with Crippen LogP contribution in [-0.2, 0) is 0 Å². The van der Waals surface area contributed by atoms with Gasteiger partial charge in [0.1, 0.15) is 29.2 Å². The Morgan fingerprint density at radius 3 is 2.87 bits per heavy atom. The van der Waals surface area contributed by atoms with E-state index in [1.165, 1.54) is 6.33 Å². The van der Waals surface area contributed by atoms with Gasteiger partial charge in [-0.1, -0.05) is 35.0 Å². The van der Waals surface area contributed by atoms with Crippen LogP contribution in [0.5, 0.6) is 0 Å². The van der Waals surface area contributed by atoms with Gasteiger partial charge in [0.15, 0.2) is 5.82 Å². The van der Waals surface area contributed by atoms with Gasteiger partial charge in [0.25, 0.3) is 5.91 Å². The molecule has 10 heteroatoms. The average molecular weight is 424 g/mol. The summed E-state index contributed by atoms with van der Waals surface area (Å²) in [6.45, 7) is 2.53. The second-order valence-electron chi connectivity index (χ2n) is 6.34. The van der Waals surface area contributed by atoms with Crippen LogP contribution in [0.1, 0.15) is 16.1 Å². The Morgan fingerprint density at radius 1 is 1.20 bits per heavy atom. The van der Waals surface area contributed by atoms with E-state index in [1.54, 1.807) is 42.2 Å². The van der Waals surface area contributed by atoms with E-state index < -0.39 is 0 Å². The number of benzene rings is 1. The van der Waals surface area contributed by atoms with Gasteiger partial charge in [-0.3, -0.25) is 4.79 Å². The van der Waals surface area contributed by atoms with E-state index in [9.17, 15) is 4.79 Å².